The smallest absolute Gasteiger partial charge is 0.321 e. The molecule has 32 heavy (non-hydrogen) atoms. The number of likely N-dealkylation sites (tertiary alicyclic amines) is 2. The number of amides is 3. The molecule has 1 N–H and O–H groups in total. The quantitative estimate of drug-likeness (QED) is 0.709. The van der Waals surface area contributed by atoms with Gasteiger partial charge in [0.1, 0.15) is 5.75 Å². The number of benzene rings is 2. The average molecular weight is 436 g/mol. The van der Waals surface area contributed by atoms with Crippen molar-refractivity contribution >= 4 is 17.6 Å². The number of piperidine rings is 2. The van der Waals surface area contributed by atoms with Crippen molar-refractivity contribution in [2.75, 3.05) is 38.1 Å². The normalized spacial score (nSPS) is 18.8. The first-order valence-corrected chi connectivity index (χ1v) is 11.8. The number of urea groups is 1. The van der Waals surface area contributed by atoms with Gasteiger partial charge in [0.05, 0.1) is 6.61 Å². The Balaban J connectivity index is 1.39. The topological polar surface area (TPSA) is 61.9 Å². The molecule has 4 rings (SSSR count). The van der Waals surface area contributed by atoms with Crippen LogP contribution in [0.15, 0.2) is 48.5 Å². The van der Waals surface area contributed by atoms with E-state index in [1.165, 1.54) is 6.42 Å². The second kappa shape index (κ2) is 10.5. The summed E-state index contributed by atoms with van der Waals surface area (Å²) < 4.78 is 5.46. The molecule has 0 bridgehead atoms. The molecule has 1 atom stereocenters. The fourth-order valence-electron chi connectivity index (χ4n) is 4.64. The summed E-state index contributed by atoms with van der Waals surface area (Å²) in [5.41, 5.74) is 2.67. The number of hydrogen-bond donors (Lipinski definition) is 1. The maximum absolute atomic E-state index is 12.9. The summed E-state index contributed by atoms with van der Waals surface area (Å²) in [5.74, 6) is 1.17. The van der Waals surface area contributed by atoms with E-state index in [9.17, 15) is 9.59 Å². The SMILES string of the molecule is CCOc1ccc(NC(=O)N2CCCC(c3cccc(C(=O)N4CCCCC4)c3)C2)cc1. The Kier molecular flexibility index (Phi) is 7.30. The minimum absolute atomic E-state index is 0.0839. The van der Waals surface area contributed by atoms with Crippen molar-refractivity contribution in [2.45, 2.75) is 44.9 Å². The zero-order valence-electron chi connectivity index (χ0n) is 18.9. The zero-order valence-corrected chi connectivity index (χ0v) is 18.9. The first kappa shape index (κ1) is 22.2. The molecular formula is C26H33N3O3. The lowest BCUT2D eigenvalue weighted by Gasteiger charge is -2.33. The highest BCUT2D eigenvalue weighted by Gasteiger charge is 2.26. The van der Waals surface area contributed by atoms with Crippen LogP contribution in [-0.4, -0.2) is 54.5 Å². The molecule has 2 aromatic rings. The maximum Gasteiger partial charge on any atom is 0.321 e. The first-order valence-electron chi connectivity index (χ1n) is 11.8. The molecule has 170 valence electrons. The predicted octanol–water partition coefficient (Wildman–Crippen LogP) is 5.12. The van der Waals surface area contributed by atoms with Gasteiger partial charge in [0.2, 0.25) is 0 Å². The van der Waals surface area contributed by atoms with Crippen LogP contribution in [0.2, 0.25) is 0 Å². The molecule has 6 nitrogen and oxygen atoms in total. The zero-order chi connectivity index (χ0) is 22.3. The van der Waals surface area contributed by atoms with E-state index in [2.05, 4.69) is 11.4 Å². The summed E-state index contributed by atoms with van der Waals surface area (Å²) >= 11 is 0. The van der Waals surface area contributed by atoms with Crippen LogP contribution in [0.25, 0.3) is 0 Å². The van der Waals surface area contributed by atoms with Crippen molar-refractivity contribution in [1.29, 1.82) is 0 Å². The second-order valence-electron chi connectivity index (χ2n) is 8.65. The third kappa shape index (κ3) is 5.42. The largest absolute Gasteiger partial charge is 0.494 e. The van der Waals surface area contributed by atoms with E-state index in [0.29, 0.717) is 13.2 Å². The van der Waals surface area contributed by atoms with E-state index < -0.39 is 0 Å². The lowest BCUT2D eigenvalue weighted by molar-refractivity contribution is 0.0724. The molecule has 3 amide bonds. The third-order valence-electron chi connectivity index (χ3n) is 6.37. The van der Waals surface area contributed by atoms with Crippen LogP contribution in [0.1, 0.15) is 60.9 Å². The molecular weight excluding hydrogens is 402 g/mol. The summed E-state index contributed by atoms with van der Waals surface area (Å²) in [5, 5.41) is 3.00. The van der Waals surface area contributed by atoms with Gasteiger partial charge in [0.25, 0.3) is 5.91 Å². The number of rotatable bonds is 5. The van der Waals surface area contributed by atoms with Crippen LogP contribution in [0.5, 0.6) is 5.75 Å². The average Bonchev–Trinajstić information content (AvgIpc) is 2.85. The fourth-order valence-corrected chi connectivity index (χ4v) is 4.64. The van der Waals surface area contributed by atoms with Crippen molar-refractivity contribution in [1.82, 2.24) is 9.80 Å². The Morgan fingerprint density at radius 3 is 2.47 bits per heavy atom. The van der Waals surface area contributed by atoms with E-state index in [-0.39, 0.29) is 17.9 Å². The van der Waals surface area contributed by atoms with Gasteiger partial charge in [-0.1, -0.05) is 12.1 Å². The van der Waals surface area contributed by atoms with Crippen LogP contribution in [-0.2, 0) is 0 Å². The summed E-state index contributed by atoms with van der Waals surface area (Å²) in [6, 6.07) is 15.4. The Morgan fingerprint density at radius 2 is 1.72 bits per heavy atom. The molecule has 0 aliphatic carbocycles. The molecule has 0 saturated carbocycles. The molecule has 2 aliphatic rings. The lowest BCUT2D eigenvalue weighted by Crippen LogP contribution is -2.41. The minimum Gasteiger partial charge on any atom is -0.494 e. The summed E-state index contributed by atoms with van der Waals surface area (Å²) in [6.45, 7) is 5.67. The van der Waals surface area contributed by atoms with E-state index in [1.54, 1.807) is 0 Å². The van der Waals surface area contributed by atoms with Gasteiger partial charge < -0.3 is 19.9 Å². The number of anilines is 1. The standard InChI is InChI=1S/C26H33N3O3/c1-2-32-24-13-11-23(12-14-24)27-26(31)29-17-7-10-22(19-29)20-8-6-9-21(18-20)25(30)28-15-4-3-5-16-28/h6,8-9,11-14,18,22H,2-5,7,10,15-17,19H2,1H3,(H,27,31). The molecule has 2 heterocycles. The van der Waals surface area contributed by atoms with Crippen LogP contribution < -0.4 is 10.1 Å². The molecule has 6 heteroatoms. The van der Waals surface area contributed by atoms with Gasteiger partial charge in [0, 0.05) is 43.3 Å². The maximum atomic E-state index is 12.9. The molecule has 0 aromatic heterocycles. The Labute approximate surface area is 190 Å². The molecule has 0 spiro atoms. The van der Waals surface area contributed by atoms with Crippen LogP contribution in [0, 0.1) is 0 Å². The monoisotopic (exact) mass is 435 g/mol. The van der Waals surface area contributed by atoms with Gasteiger partial charge >= 0.3 is 6.03 Å². The van der Waals surface area contributed by atoms with Gasteiger partial charge in [-0.25, -0.2) is 4.79 Å². The van der Waals surface area contributed by atoms with E-state index in [0.717, 1.165) is 67.9 Å². The first-order chi connectivity index (χ1) is 15.6. The van der Waals surface area contributed by atoms with Crippen LogP contribution >= 0.6 is 0 Å². The Hall–Kier alpha value is -3.02. The lowest BCUT2D eigenvalue weighted by atomic mass is 9.89. The highest BCUT2D eigenvalue weighted by Crippen LogP contribution is 2.28. The molecule has 1 unspecified atom stereocenters. The second-order valence-corrected chi connectivity index (χ2v) is 8.65. The van der Waals surface area contributed by atoms with E-state index in [4.69, 9.17) is 4.74 Å². The Morgan fingerprint density at radius 1 is 0.969 bits per heavy atom. The van der Waals surface area contributed by atoms with Crippen molar-refractivity contribution in [3.63, 3.8) is 0 Å². The highest BCUT2D eigenvalue weighted by atomic mass is 16.5. The van der Waals surface area contributed by atoms with Crippen molar-refractivity contribution in [2.24, 2.45) is 0 Å². The molecule has 0 radical (unpaired) electrons. The number of nitrogens with zero attached hydrogens (tertiary/aromatic N) is 2. The number of carbonyl (C=O) groups is 2. The van der Waals surface area contributed by atoms with Gasteiger partial charge in [-0.15, -0.1) is 0 Å². The fraction of sp³-hybridized carbons (Fsp3) is 0.462. The van der Waals surface area contributed by atoms with Crippen LogP contribution in [0.3, 0.4) is 0 Å². The van der Waals surface area contributed by atoms with Gasteiger partial charge in [-0.05, 0) is 81.0 Å². The molecule has 2 saturated heterocycles. The van der Waals surface area contributed by atoms with E-state index in [1.807, 2.05) is 59.2 Å². The van der Waals surface area contributed by atoms with E-state index >= 15 is 0 Å². The summed E-state index contributed by atoms with van der Waals surface area (Å²) in [6.07, 6.45) is 5.36. The summed E-state index contributed by atoms with van der Waals surface area (Å²) in [4.78, 5) is 29.6. The van der Waals surface area contributed by atoms with Crippen LogP contribution in [0.4, 0.5) is 10.5 Å². The predicted molar refractivity (Wildman–Crippen MR) is 126 cm³/mol. The third-order valence-corrected chi connectivity index (χ3v) is 6.37. The van der Waals surface area contributed by atoms with Gasteiger partial charge in [-0.3, -0.25) is 4.79 Å². The van der Waals surface area contributed by atoms with Crippen molar-refractivity contribution in [3.05, 3.63) is 59.7 Å². The highest BCUT2D eigenvalue weighted by molar-refractivity contribution is 5.94. The van der Waals surface area contributed by atoms with Crippen molar-refractivity contribution < 1.29 is 14.3 Å². The molecule has 2 aliphatic heterocycles. The molecule has 2 aromatic carbocycles. The minimum atomic E-state index is -0.0839. The van der Waals surface area contributed by atoms with Gasteiger partial charge in [-0.2, -0.15) is 0 Å². The number of nitrogens with one attached hydrogen (secondary N) is 1. The summed E-state index contributed by atoms with van der Waals surface area (Å²) in [7, 11) is 0. The molecule has 2 fully saturated rings. The number of hydrogen-bond acceptors (Lipinski definition) is 3. The number of ether oxygens (including phenoxy) is 1. The van der Waals surface area contributed by atoms with Gasteiger partial charge in [0.15, 0.2) is 0 Å². The number of carbonyl (C=O) groups excluding carboxylic acids is 2. The Bertz CT molecular complexity index is 922. The van der Waals surface area contributed by atoms with Crippen molar-refractivity contribution in [3.8, 4) is 5.75 Å².